The molecule has 0 spiro atoms. The van der Waals surface area contributed by atoms with Crippen LogP contribution in [0.25, 0.3) is 0 Å². The largest absolute Gasteiger partial charge is 0.460 e. The zero-order valence-electron chi connectivity index (χ0n) is 19.2. The molecule has 30 heteroatoms. The van der Waals surface area contributed by atoms with Crippen molar-refractivity contribution < 1.29 is 133 Å². The van der Waals surface area contributed by atoms with Crippen LogP contribution >= 0.6 is 0 Å². The lowest BCUT2D eigenvalue weighted by Crippen LogP contribution is -2.75. The molecule has 0 aliphatic rings. The minimum absolute atomic E-state index is 5.84. The summed E-state index contributed by atoms with van der Waals surface area (Å²) in [5.41, 5.74) is 0. The molecule has 2 N–H and O–H groups in total. The van der Waals surface area contributed by atoms with E-state index in [1.807, 2.05) is 0 Å². The average molecular weight is 748 g/mol. The predicted molar refractivity (Wildman–Crippen MR) is 78.3 cm³/mol. The van der Waals surface area contributed by atoms with Crippen LogP contribution < -0.4 is 0 Å². The molecule has 272 valence electrons. The Balaban J connectivity index is 7.16. The molecule has 0 heterocycles. The molecule has 0 aromatic rings. The molecular weight excluding hydrogens is 744 g/mol. The zero-order chi connectivity index (χ0) is 37.7. The highest BCUT2D eigenvalue weighted by Gasteiger charge is 2.96. The zero-order valence-corrected chi connectivity index (χ0v) is 19.2. The molecule has 0 aromatic heterocycles. The summed E-state index contributed by atoms with van der Waals surface area (Å²) in [5.74, 6) is -107. The summed E-state index contributed by atoms with van der Waals surface area (Å²) in [6.45, 7) is 0. The molecule has 0 saturated carbocycles. The van der Waals surface area contributed by atoms with Crippen molar-refractivity contribution in [3.63, 3.8) is 0 Å². The molecule has 2 nitrogen and oxygen atoms in total. The van der Waals surface area contributed by atoms with E-state index in [1.165, 1.54) is 0 Å². The minimum Gasteiger partial charge on any atom is -0.350 e. The minimum atomic E-state index is -9.47. The molecule has 0 aliphatic heterocycles. The predicted octanol–water partition coefficient (Wildman–Crippen LogP) is 8.17. The van der Waals surface area contributed by atoms with Gasteiger partial charge in [-0.05, 0) is 0 Å². The van der Waals surface area contributed by atoms with E-state index in [0.29, 0.717) is 0 Å². The van der Waals surface area contributed by atoms with Gasteiger partial charge in [0.15, 0.2) is 0 Å². The summed E-state index contributed by atoms with van der Waals surface area (Å²) in [6.07, 6.45) is -21.5. The van der Waals surface area contributed by atoms with Gasteiger partial charge in [-0.25, -0.2) is 0 Å². The molecule has 1 unspecified atom stereocenters. The van der Waals surface area contributed by atoms with Gasteiger partial charge < -0.3 is 10.2 Å². The number of aliphatic hydroxyl groups is 2. The van der Waals surface area contributed by atoms with Crippen LogP contribution in [0, 0.1) is 0 Å². The van der Waals surface area contributed by atoms with Crippen molar-refractivity contribution in [1.29, 1.82) is 0 Å². The van der Waals surface area contributed by atoms with Crippen molar-refractivity contribution in [3.8, 4) is 0 Å². The summed E-state index contributed by atoms with van der Waals surface area (Å²) in [6, 6.07) is 0. The molecule has 0 fully saturated rings. The lowest BCUT2D eigenvalue weighted by molar-refractivity contribution is -0.474. The average Bonchev–Trinajstić information content (AvgIpc) is 2.75. The van der Waals surface area contributed by atoms with E-state index in [2.05, 4.69) is 0 Å². The smallest absolute Gasteiger partial charge is 0.350 e. The van der Waals surface area contributed by atoms with Crippen LogP contribution in [0.2, 0.25) is 0 Å². The Bertz CT molecular complexity index is 1070. The van der Waals surface area contributed by atoms with Gasteiger partial charge in [0.25, 0.3) is 0 Å². The summed E-state index contributed by atoms with van der Waals surface area (Å²) in [5, 5.41) is 15.6. The first-order chi connectivity index (χ1) is 18.7. The summed E-state index contributed by atoms with van der Waals surface area (Å²) >= 11 is 0. The maximum absolute atomic E-state index is 13.6. The fourth-order valence-electron chi connectivity index (χ4n) is 2.52. The van der Waals surface area contributed by atoms with Crippen LogP contribution in [0.5, 0.6) is 0 Å². The van der Waals surface area contributed by atoms with Gasteiger partial charge in [-0.15, -0.1) is 0 Å². The quantitative estimate of drug-likeness (QED) is 0.187. The third kappa shape index (κ3) is 5.35. The molecule has 0 saturated heterocycles. The van der Waals surface area contributed by atoms with E-state index in [0.717, 1.165) is 0 Å². The number of hydrogen-bond acceptors (Lipinski definition) is 2. The molecule has 1 atom stereocenters. The first-order valence-corrected chi connectivity index (χ1v) is 9.45. The maximum atomic E-state index is 13.6. The Labute approximate surface area is 224 Å². The van der Waals surface area contributed by atoms with E-state index in [-0.39, 0.29) is 0 Å². The normalized spacial score (nSPS) is 18.3. The fourth-order valence-corrected chi connectivity index (χ4v) is 2.52. The lowest BCUT2D eigenvalue weighted by Gasteiger charge is -2.44. The second-order valence-electron chi connectivity index (χ2n) is 8.42. The Morgan fingerprint density at radius 2 is 0.467 bits per heavy atom. The highest BCUT2D eigenvalue weighted by Crippen LogP contribution is 2.66. The van der Waals surface area contributed by atoms with Crippen LogP contribution in [-0.2, 0) is 0 Å². The molecule has 0 aromatic carbocycles. The summed E-state index contributed by atoms with van der Waals surface area (Å²) in [4.78, 5) is 0. The van der Waals surface area contributed by atoms with E-state index in [1.54, 1.807) is 0 Å². The molecule has 0 rings (SSSR count). The SMILES string of the molecule is OC(F)(F)C(O)(F)C(F)(F)C(F)(F)C(F)(F)C(F)(F)CC(F)(F)C(F)(F)C(F)(F)C(F)(F)C(F)(F)C(F)(F)C(F)(F)C(F)(F)F. The lowest BCUT2D eigenvalue weighted by atomic mass is 9.85. The Morgan fingerprint density at radius 3 is 0.689 bits per heavy atom. The Kier molecular flexibility index (Phi) is 9.76. The van der Waals surface area contributed by atoms with Crippen molar-refractivity contribution in [2.45, 2.75) is 89.7 Å². The van der Waals surface area contributed by atoms with Crippen molar-refractivity contribution in [3.05, 3.63) is 0 Å². The number of halogens is 28. The molecule has 0 aliphatic carbocycles. The van der Waals surface area contributed by atoms with Crippen molar-refractivity contribution in [2.24, 2.45) is 0 Å². The van der Waals surface area contributed by atoms with Gasteiger partial charge in [0, 0.05) is 0 Å². The van der Waals surface area contributed by atoms with Gasteiger partial charge >= 0.3 is 83.3 Å². The number of rotatable bonds is 13. The first-order valence-electron chi connectivity index (χ1n) is 9.45. The van der Waals surface area contributed by atoms with Gasteiger partial charge in [0.1, 0.15) is 0 Å². The van der Waals surface area contributed by atoms with Crippen molar-refractivity contribution in [2.75, 3.05) is 0 Å². The molecule has 0 bridgehead atoms. The van der Waals surface area contributed by atoms with Gasteiger partial charge in [0.2, 0.25) is 0 Å². The summed E-state index contributed by atoms with van der Waals surface area (Å²) in [7, 11) is 0. The van der Waals surface area contributed by atoms with E-state index >= 15 is 0 Å². The molecule has 0 radical (unpaired) electrons. The van der Waals surface area contributed by atoms with Crippen molar-refractivity contribution in [1.82, 2.24) is 0 Å². The Morgan fingerprint density at radius 1 is 0.267 bits per heavy atom. The number of hydrogen-bond donors (Lipinski definition) is 2. The Hall–Kier alpha value is -2.04. The topological polar surface area (TPSA) is 40.5 Å². The van der Waals surface area contributed by atoms with Gasteiger partial charge in [-0.3, -0.25) is 0 Å². The van der Waals surface area contributed by atoms with Gasteiger partial charge in [0.05, 0.1) is 6.42 Å². The molecule has 0 amide bonds. The van der Waals surface area contributed by atoms with E-state index in [9.17, 15) is 123 Å². The maximum Gasteiger partial charge on any atom is 0.460 e. The highest BCUT2D eigenvalue weighted by atomic mass is 19.4. The van der Waals surface area contributed by atoms with E-state index < -0.39 is 89.7 Å². The highest BCUT2D eigenvalue weighted by molar-refractivity contribution is 5.17. The summed E-state index contributed by atoms with van der Waals surface area (Å²) < 4.78 is 368. The van der Waals surface area contributed by atoms with Crippen LogP contribution in [0.15, 0.2) is 0 Å². The monoisotopic (exact) mass is 748 g/mol. The first kappa shape index (κ1) is 43.0. The van der Waals surface area contributed by atoms with Crippen molar-refractivity contribution >= 4 is 0 Å². The standard InChI is InChI=1S/C15H4F28O2/c16-2(17,1-3(18,19)5(22,23)7(26,27)11(34,35)13(38,44)15(42,43)45)4(20,21)6(24,25)8(28,29)9(30,31)10(32,33)12(36,37)14(39,40)41/h44-45H,1H2. The van der Waals surface area contributed by atoms with E-state index in [4.69, 9.17) is 10.2 Å². The molecule has 45 heavy (non-hydrogen) atoms. The van der Waals surface area contributed by atoms with Crippen LogP contribution in [0.1, 0.15) is 6.42 Å². The fraction of sp³-hybridized carbons (Fsp3) is 1.00. The van der Waals surface area contributed by atoms with Crippen LogP contribution in [0.4, 0.5) is 123 Å². The molecular formula is C15H4F28O2. The van der Waals surface area contributed by atoms with Crippen LogP contribution in [-0.4, -0.2) is 93.5 Å². The third-order valence-corrected chi connectivity index (χ3v) is 5.29. The van der Waals surface area contributed by atoms with Crippen LogP contribution in [0.3, 0.4) is 0 Å². The second kappa shape index (κ2) is 10.2. The van der Waals surface area contributed by atoms with Gasteiger partial charge in [-0.2, -0.15) is 123 Å². The van der Waals surface area contributed by atoms with Gasteiger partial charge in [-0.1, -0.05) is 0 Å². The third-order valence-electron chi connectivity index (χ3n) is 5.29. The number of alkyl halides is 28. The second-order valence-corrected chi connectivity index (χ2v) is 8.42.